The van der Waals surface area contributed by atoms with Crippen LogP contribution in [-0.2, 0) is 19.9 Å². The van der Waals surface area contributed by atoms with Gasteiger partial charge < -0.3 is 15.0 Å². The highest BCUT2D eigenvalue weighted by atomic mass is 35.5. The highest BCUT2D eigenvalue weighted by Gasteiger charge is 2.71. The van der Waals surface area contributed by atoms with Crippen molar-refractivity contribution in [1.82, 2.24) is 4.90 Å². The third-order valence-electron chi connectivity index (χ3n) is 9.09. The summed E-state index contributed by atoms with van der Waals surface area (Å²) >= 11 is 12.2. The smallest absolute Gasteiger partial charge is 0.337 e. The molecule has 218 valence electrons. The second-order valence-corrected chi connectivity index (χ2v) is 12.2. The Bertz CT molecular complexity index is 1540. The number of nitrogens with zero attached hydrogens (tertiary/aromatic N) is 2. The largest absolute Gasteiger partial charge is 0.465 e. The number of fused-ring (bicyclic) bond motifs is 3. The number of rotatable bonds is 7. The van der Waals surface area contributed by atoms with Crippen molar-refractivity contribution in [2.24, 2.45) is 17.8 Å². The first-order chi connectivity index (χ1) is 20.2. The Kier molecular flexibility index (Phi) is 7.50. The fourth-order valence-electron chi connectivity index (χ4n) is 7.06. The van der Waals surface area contributed by atoms with E-state index in [4.69, 9.17) is 27.9 Å². The maximum Gasteiger partial charge on any atom is 0.337 e. The van der Waals surface area contributed by atoms with Crippen molar-refractivity contribution in [1.29, 1.82) is 0 Å². The van der Waals surface area contributed by atoms with Gasteiger partial charge >= 0.3 is 5.97 Å². The van der Waals surface area contributed by atoms with E-state index in [1.807, 2.05) is 0 Å². The maximum atomic E-state index is 16.6. The fraction of sp³-hybridized carbons (Fsp3) is 0.344. The van der Waals surface area contributed by atoms with Gasteiger partial charge in [-0.3, -0.25) is 14.5 Å². The van der Waals surface area contributed by atoms with Crippen LogP contribution in [0.4, 0.5) is 15.8 Å². The van der Waals surface area contributed by atoms with Crippen molar-refractivity contribution < 1.29 is 23.5 Å². The first-order valence-electron chi connectivity index (χ1n) is 13.9. The summed E-state index contributed by atoms with van der Waals surface area (Å²) in [4.78, 5) is 44.1. The molecule has 2 amide bonds. The number of esters is 1. The van der Waals surface area contributed by atoms with Gasteiger partial charge in [0, 0.05) is 46.1 Å². The van der Waals surface area contributed by atoms with Crippen LogP contribution in [0.3, 0.4) is 0 Å². The zero-order chi connectivity index (χ0) is 29.8. The lowest BCUT2D eigenvalue weighted by Crippen LogP contribution is -2.56. The number of anilines is 2. The van der Waals surface area contributed by atoms with Gasteiger partial charge in [-0.05, 0) is 67.3 Å². The highest BCUT2D eigenvalue weighted by Crippen LogP contribution is 2.60. The third kappa shape index (κ3) is 4.48. The first-order valence-corrected chi connectivity index (χ1v) is 14.7. The van der Waals surface area contributed by atoms with E-state index in [1.54, 1.807) is 47.4 Å². The second kappa shape index (κ2) is 11.0. The van der Waals surface area contributed by atoms with Gasteiger partial charge in [-0.15, -0.1) is 0 Å². The Morgan fingerprint density at radius 1 is 1.21 bits per heavy atom. The van der Waals surface area contributed by atoms with E-state index >= 15 is 4.39 Å². The molecule has 6 rings (SSSR count). The van der Waals surface area contributed by atoms with E-state index in [1.165, 1.54) is 25.3 Å². The second-order valence-electron chi connectivity index (χ2n) is 11.3. The molecule has 3 heterocycles. The Morgan fingerprint density at radius 2 is 1.95 bits per heavy atom. The quantitative estimate of drug-likeness (QED) is 0.299. The Labute approximate surface area is 253 Å². The van der Waals surface area contributed by atoms with Crippen LogP contribution in [0.2, 0.25) is 5.02 Å². The lowest BCUT2D eigenvalue weighted by Gasteiger charge is -2.43. The number of allylic oxidation sites excluding steroid dienone is 4. The van der Waals surface area contributed by atoms with Gasteiger partial charge in [0.15, 0.2) is 0 Å². The molecule has 7 nitrogen and oxygen atoms in total. The van der Waals surface area contributed by atoms with Crippen molar-refractivity contribution in [3.05, 3.63) is 94.3 Å². The lowest BCUT2D eigenvalue weighted by molar-refractivity contribution is -0.130. The zero-order valence-corrected chi connectivity index (χ0v) is 24.5. The summed E-state index contributed by atoms with van der Waals surface area (Å²) in [5.41, 5.74) is 0.650. The monoisotopic (exact) mass is 609 g/mol. The number of hydrogen-bond acceptors (Lipinski definition) is 5. The standard InChI is InChI=1S/C32H30Cl2FN3O4/c1-18(33)5-3-8-24(35)28-27-26(17-37(29(27)39)22-12-9-20(10-13-22)30(40)42-2)38(16-19-6-4-7-19)32(28)23-14-11-21(34)15-25(23)36-31(32)41/h3,5,8-15,19,26-28H,1,4,6-7,16-17H2,2H3,(H,36,41)/b5-3-,24-8-/t26-,27+,28-,32+/m0/s1. The Morgan fingerprint density at radius 3 is 2.60 bits per heavy atom. The van der Waals surface area contributed by atoms with E-state index < -0.39 is 35.2 Å². The predicted molar refractivity (Wildman–Crippen MR) is 160 cm³/mol. The van der Waals surface area contributed by atoms with E-state index in [-0.39, 0.29) is 23.4 Å². The normalized spacial score (nSPS) is 27.4. The number of carbonyl (C=O) groups is 3. The third-order valence-corrected chi connectivity index (χ3v) is 9.45. The molecule has 4 aliphatic rings. The van der Waals surface area contributed by atoms with Crippen LogP contribution in [0.15, 0.2) is 78.1 Å². The molecule has 10 heteroatoms. The van der Waals surface area contributed by atoms with Crippen molar-refractivity contribution >= 4 is 52.4 Å². The van der Waals surface area contributed by atoms with E-state index in [0.717, 1.165) is 19.3 Å². The number of halogens is 3. The van der Waals surface area contributed by atoms with Gasteiger partial charge in [0.25, 0.3) is 0 Å². The van der Waals surface area contributed by atoms with E-state index in [2.05, 4.69) is 16.8 Å². The molecule has 2 saturated heterocycles. The summed E-state index contributed by atoms with van der Waals surface area (Å²) in [6.45, 7) is 4.44. The van der Waals surface area contributed by atoms with Gasteiger partial charge in [0.1, 0.15) is 11.4 Å². The summed E-state index contributed by atoms with van der Waals surface area (Å²) in [5.74, 6) is -3.34. The lowest BCUT2D eigenvalue weighted by atomic mass is 9.73. The minimum atomic E-state index is -1.44. The molecule has 0 aromatic heterocycles. The summed E-state index contributed by atoms with van der Waals surface area (Å²) in [6.07, 6.45) is 7.29. The number of likely N-dealkylation sites (tertiary alicyclic amines) is 1. The highest BCUT2D eigenvalue weighted by molar-refractivity contribution is 6.31. The number of methoxy groups -OCH3 is 1. The van der Waals surface area contributed by atoms with Crippen LogP contribution in [0.5, 0.6) is 0 Å². The van der Waals surface area contributed by atoms with Crippen LogP contribution in [0, 0.1) is 17.8 Å². The number of nitrogens with one attached hydrogen (secondary N) is 1. The van der Waals surface area contributed by atoms with Crippen molar-refractivity contribution in [2.75, 3.05) is 30.4 Å². The van der Waals surface area contributed by atoms with Crippen LogP contribution >= 0.6 is 23.2 Å². The molecule has 4 atom stereocenters. The van der Waals surface area contributed by atoms with Gasteiger partial charge in [-0.2, -0.15) is 0 Å². The van der Waals surface area contributed by atoms with Crippen LogP contribution < -0.4 is 10.2 Å². The molecule has 42 heavy (non-hydrogen) atoms. The van der Waals surface area contributed by atoms with Gasteiger partial charge in [-0.1, -0.05) is 48.3 Å². The molecule has 2 aromatic rings. The topological polar surface area (TPSA) is 79.0 Å². The number of ether oxygens (including phenoxy) is 1. The predicted octanol–water partition coefficient (Wildman–Crippen LogP) is 6.20. The summed E-state index contributed by atoms with van der Waals surface area (Å²) in [7, 11) is 1.31. The van der Waals surface area contributed by atoms with Gasteiger partial charge in [0.2, 0.25) is 11.8 Å². The molecule has 1 spiro atoms. The summed E-state index contributed by atoms with van der Waals surface area (Å²) in [6, 6.07) is 11.3. The molecule has 0 radical (unpaired) electrons. The van der Waals surface area contributed by atoms with Crippen LogP contribution in [0.1, 0.15) is 35.2 Å². The number of benzene rings is 2. The molecule has 3 aliphatic heterocycles. The number of carbonyl (C=O) groups excluding carboxylic acids is 3. The van der Waals surface area contributed by atoms with Crippen LogP contribution in [0.25, 0.3) is 0 Å². The number of amides is 2. The fourth-order valence-corrected chi connectivity index (χ4v) is 7.30. The summed E-state index contributed by atoms with van der Waals surface area (Å²) in [5, 5.41) is 3.63. The number of hydrogen-bond donors (Lipinski definition) is 1. The molecule has 2 aromatic carbocycles. The molecular formula is C32H30Cl2FN3O4. The molecule has 1 N–H and O–H groups in total. The Balaban J connectivity index is 1.49. The minimum absolute atomic E-state index is 0.224. The van der Waals surface area contributed by atoms with Gasteiger partial charge in [0.05, 0.1) is 24.5 Å². The van der Waals surface area contributed by atoms with Crippen molar-refractivity contribution in [3.8, 4) is 0 Å². The molecular weight excluding hydrogens is 580 g/mol. The minimum Gasteiger partial charge on any atom is -0.465 e. The van der Waals surface area contributed by atoms with E-state index in [0.29, 0.717) is 40.0 Å². The molecule has 0 unspecified atom stereocenters. The average molecular weight is 611 g/mol. The maximum absolute atomic E-state index is 16.6. The van der Waals surface area contributed by atoms with Crippen molar-refractivity contribution in [3.63, 3.8) is 0 Å². The SMILES string of the molecule is C=C(Cl)/C=C\C=C(/F)[C@H]1[C@@H]2C(=O)N(c3ccc(C(=O)OC)cc3)C[C@@H]2N(CC2CCC2)[C@@]12C(=O)Nc1cc(Cl)ccc12. The van der Waals surface area contributed by atoms with E-state index in [9.17, 15) is 14.4 Å². The first kappa shape index (κ1) is 28.6. The van der Waals surface area contributed by atoms with Gasteiger partial charge in [-0.25, -0.2) is 9.18 Å². The summed E-state index contributed by atoms with van der Waals surface area (Å²) < 4.78 is 21.4. The zero-order valence-electron chi connectivity index (χ0n) is 23.0. The average Bonchev–Trinajstić information content (AvgIpc) is 3.52. The molecule has 3 fully saturated rings. The van der Waals surface area contributed by atoms with Crippen LogP contribution in [-0.4, -0.2) is 48.9 Å². The Hall–Kier alpha value is -3.46. The molecule has 1 saturated carbocycles. The van der Waals surface area contributed by atoms with Crippen molar-refractivity contribution in [2.45, 2.75) is 30.8 Å². The molecule has 0 bridgehead atoms. The molecule has 1 aliphatic carbocycles.